The number of hydrogen-bond acceptors (Lipinski definition) is 1. The maximum atomic E-state index is 12.8. The topological polar surface area (TPSA) is 17.1 Å². The van der Waals surface area contributed by atoms with Gasteiger partial charge in [0, 0.05) is 6.07 Å². The van der Waals surface area contributed by atoms with Crippen LogP contribution in [0.5, 0.6) is 0 Å². The lowest BCUT2D eigenvalue weighted by Crippen LogP contribution is -1.97. The molecule has 1 aromatic carbocycles. The smallest absolute Gasteiger partial charge is 0.156 e. The molecule has 1 nitrogen and oxygen atoms in total. The van der Waals surface area contributed by atoms with Crippen molar-refractivity contribution in [2.45, 2.75) is 0 Å². The Labute approximate surface area is 74.3 Å². The van der Waals surface area contributed by atoms with Gasteiger partial charge in [-0.25, -0.2) is 13.2 Å². The summed E-state index contributed by atoms with van der Waals surface area (Å²) in [5, 5.41) is 0. The molecule has 0 atom stereocenters. The molecule has 0 spiro atoms. The number of hydrogen-bond donors (Lipinski definition) is 0. The molecule has 0 bridgehead atoms. The highest BCUT2D eigenvalue weighted by molar-refractivity contribution is 9.10. The van der Waals surface area contributed by atoms with Gasteiger partial charge in [0.25, 0.3) is 0 Å². The number of aldehydes is 1. The molecule has 1 rings (SSSR count). The minimum atomic E-state index is -1.22. The second-order valence-electron chi connectivity index (χ2n) is 2.00. The van der Waals surface area contributed by atoms with E-state index in [1.54, 1.807) is 0 Å². The Hall–Kier alpha value is -0.840. The summed E-state index contributed by atoms with van der Waals surface area (Å²) in [5.74, 6) is -3.50. The van der Waals surface area contributed by atoms with Crippen LogP contribution in [-0.2, 0) is 0 Å². The maximum absolute atomic E-state index is 12.8. The van der Waals surface area contributed by atoms with E-state index >= 15 is 0 Å². The lowest BCUT2D eigenvalue weighted by atomic mass is 10.2. The average molecular weight is 239 g/mol. The van der Waals surface area contributed by atoms with Gasteiger partial charge in [0.1, 0.15) is 11.6 Å². The van der Waals surface area contributed by atoms with Crippen LogP contribution in [0.2, 0.25) is 0 Å². The Kier molecular flexibility index (Phi) is 2.52. The van der Waals surface area contributed by atoms with Crippen molar-refractivity contribution < 1.29 is 18.0 Å². The first kappa shape index (κ1) is 9.25. The van der Waals surface area contributed by atoms with E-state index in [-0.39, 0.29) is 6.29 Å². The molecule has 0 aromatic heterocycles. The molecule has 5 heteroatoms. The summed E-state index contributed by atoms with van der Waals surface area (Å²) < 4.78 is 37.3. The predicted molar refractivity (Wildman–Crippen MR) is 39.4 cm³/mol. The molecule has 12 heavy (non-hydrogen) atoms. The fourth-order valence-electron chi connectivity index (χ4n) is 0.688. The Morgan fingerprint density at radius 1 is 1.25 bits per heavy atom. The van der Waals surface area contributed by atoms with Gasteiger partial charge in [-0.05, 0) is 15.9 Å². The van der Waals surface area contributed by atoms with Crippen LogP contribution in [0, 0.1) is 17.5 Å². The van der Waals surface area contributed by atoms with Gasteiger partial charge in [-0.2, -0.15) is 0 Å². The van der Waals surface area contributed by atoms with Crippen molar-refractivity contribution in [1.82, 2.24) is 0 Å². The number of carbonyl (C=O) groups is 1. The van der Waals surface area contributed by atoms with Gasteiger partial charge in [0.15, 0.2) is 12.1 Å². The van der Waals surface area contributed by atoms with Crippen molar-refractivity contribution in [1.29, 1.82) is 0 Å². The lowest BCUT2D eigenvalue weighted by molar-refractivity contribution is 0.111. The Morgan fingerprint density at radius 2 is 1.83 bits per heavy atom. The van der Waals surface area contributed by atoms with Crippen molar-refractivity contribution >= 4 is 22.2 Å². The first-order valence-electron chi connectivity index (χ1n) is 2.86. The lowest BCUT2D eigenvalue weighted by Gasteiger charge is -2.00. The van der Waals surface area contributed by atoms with Crippen molar-refractivity contribution in [2.75, 3.05) is 0 Å². The third-order valence-electron chi connectivity index (χ3n) is 1.27. The molecule has 1 aromatic rings. The Bertz CT molecular complexity index is 338. The molecule has 0 fully saturated rings. The fraction of sp³-hybridized carbons (Fsp3) is 0. The molecule has 0 aliphatic carbocycles. The highest BCUT2D eigenvalue weighted by atomic mass is 79.9. The standard InChI is InChI=1S/C7H2BrF3O/c8-6-5(10)1-4(9)3(2-12)7(6)11/h1-2H. The van der Waals surface area contributed by atoms with Gasteiger partial charge in [-0.15, -0.1) is 0 Å². The van der Waals surface area contributed by atoms with Crippen LogP contribution in [0.1, 0.15) is 10.4 Å². The quantitative estimate of drug-likeness (QED) is 0.418. The first-order chi connectivity index (χ1) is 5.57. The number of halogens is 4. The zero-order valence-corrected chi connectivity index (χ0v) is 7.16. The van der Waals surface area contributed by atoms with E-state index in [0.29, 0.717) is 6.07 Å². The molecule has 64 valence electrons. The van der Waals surface area contributed by atoms with E-state index in [1.165, 1.54) is 0 Å². The molecule has 0 heterocycles. The maximum Gasteiger partial charge on any atom is 0.156 e. The van der Waals surface area contributed by atoms with E-state index in [4.69, 9.17) is 0 Å². The van der Waals surface area contributed by atoms with Gasteiger partial charge in [-0.1, -0.05) is 0 Å². The Balaban J connectivity index is 3.51. The summed E-state index contributed by atoms with van der Waals surface area (Å²) >= 11 is 2.53. The molecule has 0 aliphatic rings. The van der Waals surface area contributed by atoms with Gasteiger partial charge in [0.05, 0.1) is 10.0 Å². The zero-order valence-electron chi connectivity index (χ0n) is 5.57. The molecule has 0 saturated carbocycles. The number of rotatable bonds is 1. The molecule has 0 radical (unpaired) electrons. The number of carbonyl (C=O) groups excluding carboxylic acids is 1. The monoisotopic (exact) mass is 238 g/mol. The summed E-state index contributed by atoms with van der Waals surface area (Å²) in [4.78, 5) is 10.1. The molecule has 0 amide bonds. The van der Waals surface area contributed by atoms with Crippen molar-refractivity contribution in [3.63, 3.8) is 0 Å². The van der Waals surface area contributed by atoms with Crippen LogP contribution in [0.15, 0.2) is 10.5 Å². The summed E-state index contributed by atoms with van der Waals surface area (Å²) in [5.41, 5.74) is -0.775. The molecule has 0 aliphatic heterocycles. The fourth-order valence-corrected chi connectivity index (χ4v) is 1.02. The minimum absolute atomic E-state index is 0.00509. The zero-order chi connectivity index (χ0) is 9.30. The second-order valence-corrected chi connectivity index (χ2v) is 2.79. The highest BCUT2D eigenvalue weighted by Crippen LogP contribution is 2.23. The number of benzene rings is 1. The summed E-state index contributed by atoms with van der Waals surface area (Å²) in [6.45, 7) is 0. The normalized spacial score (nSPS) is 10.0. The van der Waals surface area contributed by atoms with Crippen LogP contribution in [0.25, 0.3) is 0 Å². The van der Waals surface area contributed by atoms with Gasteiger partial charge >= 0.3 is 0 Å². The molecular weight excluding hydrogens is 237 g/mol. The first-order valence-corrected chi connectivity index (χ1v) is 3.65. The Morgan fingerprint density at radius 3 is 2.33 bits per heavy atom. The third kappa shape index (κ3) is 1.36. The van der Waals surface area contributed by atoms with Crippen LogP contribution in [0.3, 0.4) is 0 Å². The van der Waals surface area contributed by atoms with Gasteiger partial charge in [-0.3, -0.25) is 4.79 Å². The van der Waals surface area contributed by atoms with Crippen molar-refractivity contribution in [2.24, 2.45) is 0 Å². The van der Waals surface area contributed by atoms with Crippen molar-refractivity contribution in [3.8, 4) is 0 Å². The summed E-state index contributed by atoms with van der Waals surface area (Å²) in [7, 11) is 0. The summed E-state index contributed by atoms with van der Waals surface area (Å²) in [6.07, 6.45) is -0.00509. The van der Waals surface area contributed by atoms with Crippen LogP contribution in [-0.4, -0.2) is 6.29 Å². The predicted octanol–water partition coefficient (Wildman–Crippen LogP) is 2.68. The molecule has 0 saturated heterocycles. The van der Waals surface area contributed by atoms with Crippen molar-refractivity contribution in [3.05, 3.63) is 33.6 Å². The van der Waals surface area contributed by atoms with E-state index < -0.39 is 27.5 Å². The molecular formula is C7H2BrF3O. The van der Waals surface area contributed by atoms with Crippen LogP contribution < -0.4 is 0 Å². The van der Waals surface area contributed by atoms with Crippen LogP contribution >= 0.6 is 15.9 Å². The average Bonchev–Trinajstić information content (AvgIpc) is 2.01. The van der Waals surface area contributed by atoms with E-state index in [1.807, 2.05) is 0 Å². The second kappa shape index (κ2) is 3.26. The van der Waals surface area contributed by atoms with Crippen LogP contribution in [0.4, 0.5) is 13.2 Å². The summed E-state index contributed by atoms with van der Waals surface area (Å²) in [6, 6.07) is 0.441. The van der Waals surface area contributed by atoms with E-state index in [9.17, 15) is 18.0 Å². The molecule has 0 unspecified atom stereocenters. The van der Waals surface area contributed by atoms with Gasteiger partial charge < -0.3 is 0 Å². The van der Waals surface area contributed by atoms with Gasteiger partial charge in [0.2, 0.25) is 0 Å². The highest BCUT2D eigenvalue weighted by Gasteiger charge is 2.15. The largest absolute Gasteiger partial charge is 0.298 e. The van der Waals surface area contributed by atoms with E-state index in [0.717, 1.165) is 0 Å². The third-order valence-corrected chi connectivity index (χ3v) is 1.99. The SMILES string of the molecule is O=Cc1c(F)cc(F)c(Br)c1F. The molecule has 0 N–H and O–H groups in total. The van der Waals surface area contributed by atoms with E-state index in [2.05, 4.69) is 15.9 Å². The minimum Gasteiger partial charge on any atom is -0.298 e.